The molecule has 3 rings (SSSR count). The van der Waals surface area contributed by atoms with E-state index in [-0.39, 0.29) is 6.10 Å². The van der Waals surface area contributed by atoms with Crippen molar-refractivity contribution in [3.05, 3.63) is 41.2 Å². The number of alkyl halides is 1. The van der Waals surface area contributed by atoms with Gasteiger partial charge in [0.2, 0.25) is 0 Å². The summed E-state index contributed by atoms with van der Waals surface area (Å²) in [5.74, 6) is 1.21. The Morgan fingerprint density at radius 1 is 1.42 bits per heavy atom. The lowest BCUT2D eigenvalue weighted by molar-refractivity contribution is -0.00172. The van der Waals surface area contributed by atoms with Gasteiger partial charge in [0, 0.05) is 0 Å². The summed E-state index contributed by atoms with van der Waals surface area (Å²) < 4.78 is 12.9. The molecule has 1 aromatic heterocycles. The Balaban J connectivity index is 1.81. The summed E-state index contributed by atoms with van der Waals surface area (Å²) >= 11 is 5.81. The van der Waals surface area contributed by atoms with Crippen molar-refractivity contribution in [2.75, 3.05) is 7.11 Å². The molecule has 1 atom stereocenters. The van der Waals surface area contributed by atoms with Crippen LogP contribution in [0.2, 0.25) is 0 Å². The number of nitrogens with zero attached hydrogens (tertiary/aromatic N) is 3. The Morgan fingerprint density at radius 2 is 2.21 bits per heavy atom. The van der Waals surface area contributed by atoms with Crippen molar-refractivity contribution in [2.45, 2.75) is 25.1 Å². The first-order valence-corrected chi connectivity index (χ1v) is 6.58. The Labute approximate surface area is 116 Å². The molecule has 0 fully saturated rings. The van der Waals surface area contributed by atoms with Crippen LogP contribution in [0.1, 0.15) is 23.1 Å². The first-order chi connectivity index (χ1) is 9.31. The molecule has 0 saturated carbocycles. The minimum absolute atomic E-state index is 0.0109. The molecule has 5 nitrogen and oxygen atoms in total. The van der Waals surface area contributed by atoms with Crippen molar-refractivity contribution in [3.63, 3.8) is 0 Å². The SMILES string of the molecule is COc1ccc([C@@H]2Cn3nnc(CCl)c3CO2)cc1. The number of fused-ring (bicyclic) bond motifs is 1. The average Bonchev–Trinajstić information content (AvgIpc) is 2.89. The second kappa shape index (κ2) is 5.19. The van der Waals surface area contributed by atoms with Crippen molar-refractivity contribution in [1.29, 1.82) is 0 Å². The van der Waals surface area contributed by atoms with Crippen LogP contribution < -0.4 is 4.74 Å². The van der Waals surface area contributed by atoms with Crippen LogP contribution in [0.4, 0.5) is 0 Å². The zero-order valence-electron chi connectivity index (χ0n) is 10.5. The van der Waals surface area contributed by atoms with Crippen molar-refractivity contribution >= 4 is 11.6 Å². The molecule has 2 heterocycles. The fourth-order valence-corrected chi connectivity index (χ4v) is 2.39. The van der Waals surface area contributed by atoms with Gasteiger partial charge in [-0.3, -0.25) is 0 Å². The van der Waals surface area contributed by atoms with Gasteiger partial charge in [-0.05, 0) is 17.7 Å². The summed E-state index contributed by atoms with van der Waals surface area (Å²) in [6.07, 6.45) is -0.0109. The van der Waals surface area contributed by atoms with Gasteiger partial charge in [-0.25, -0.2) is 4.68 Å². The van der Waals surface area contributed by atoms with E-state index in [1.54, 1.807) is 7.11 Å². The normalized spacial score (nSPS) is 18.1. The highest BCUT2D eigenvalue weighted by molar-refractivity contribution is 6.16. The average molecular weight is 280 g/mol. The number of methoxy groups -OCH3 is 1. The number of halogens is 1. The lowest BCUT2D eigenvalue weighted by Crippen LogP contribution is -2.22. The Morgan fingerprint density at radius 3 is 2.89 bits per heavy atom. The van der Waals surface area contributed by atoms with E-state index in [1.165, 1.54) is 0 Å². The molecule has 1 aliphatic heterocycles. The molecular weight excluding hydrogens is 266 g/mol. The molecule has 0 radical (unpaired) electrons. The van der Waals surface area contributed by atoms with E-state index in [4.69, 9.17) is 21.1 Å². The largest absolute Gasteiger partial charge is 0.497 e. The smallest absolute Gasteiger partial charge is 0.118 e. The van der Waals surface area contributed by atoms with Gasteiger partial charge in [0.25, 0.3) is 0 Å². The molecule has 0 amide bonds. The lowest BCUT2D eigenvalue weighted by atomic mass is 10.1. The molecule has 0 spiro atoms. The highest BCUT2D eigenvalue weighted by atomic mass is 35.5. The van der Waals surface area contributed by atoms with Crippen LogP contribution in [0.5, 0.6) is 5.75 Å². The number of aromatic nitrogens is 3. The first-order valence-electron chi connectivity index (χ1n) is 6.04. The van der Waals surface area contributed by atoms with Crippen LogP contribution in [0.25, 0.3) is 0 Å². The molecule has 6 heteroatoms. The molecule has 2 aromatic rings. The summed E-state index contributed by atoms with van der Waals surface area (Å²) in [5.41, 5.74) is 2.88. The summed E-state index contributed by atoms with van der Waals surface area (Å²) in [6.45, 7) is 1.15. The topological polar surface area (TPSA) is 49.2 Å². The number of hydrogen-bond acceptors (Lipinski definition) is 4. The van der Waals surface area contributed by atoms with Crippen LogP contribution in [0.3, 0.4) is 0 Å². The summed E-state index contributed by atoms with van der Waals surface area (Å²) in [7, 11) is 1.65. The van der Waals surface area contributed by atoms with Crippen LogP contribution in [-0.4, -0.2) is 22.1 Å². The van der Waals surface area contributed by atoms with E-state index in [1.807, 2.05) is 28.9 Å². The van der Waals surface area contributed by atoms with Crippen molar-refractivity contribution in [3.8, 4) is 5.75 Å². The molecule has 0 saturated heterocycles. The third-order valence-electron chi connectivity index (χ3n) is 3.29. The van der Waals surface area contributed by atoms with Crippen molar-refractivity contribution < 1.29 is 9.47 Å². The van der Waals surface area contributed by atoms with Gasteiger partial charge in [0.1, 0.15) is 17.5 Å². The van der Waals surface area contributed by atoms with Gasteiger partial charge in [0.15, 0.2) is 0 Å². The molecule has 1 aliphatic rings. The minimum Gasteiger partial charge on any atom is -0.497 e. The maximum absolute atomic E-state index is 5.86. The molecular formula is C13H14ClN3O2. The Hall–Kier alpha value is -1.59. The van der Waals surface area contributed by atoms with E-state index in [9.17, 15) is 0 Å². The maximum Gasteiger partial charge on any atom is 0.118 e. The van der Waals surface area contributed by atoms with Crippen molar-refractivity contribution in [2.24, 2.45) is 0 Å². The molecule has 0 N–H and O–H groups in total. The molecule has 1 aromatic carbocycles. The fourth-order valence-electron chi connectivity index (χ4n) is 2.19. The first kappa shape index (κ1) is 12.4. The zero-order chi connectivity index (χ0) is 13.2. The van der Waals surface area contributed by atoms with Gasteiger partial charge < -0.3 is 9.47 Å². The van der Waals surface area contributed by atoms with E-state index >= 15 is 0 Å². The van der Waals surface area contributed by atoms with E-state index in [0.717, 1.165) is 22.7 Å². The quantitative estimate of drug-likeness (QED) is 0.809. The van der Waals surface area contributed by atoms with E-state index < -0.39 is 0 Å². The van der Waals surface area contributed by atoms with Crippen molar-refractivity contribution in [1.82, 2.24) is 15.0 Å². The second-order valence-corrected chi connectivity index (χ2v) is 4.64. The lowest BCUT2D eigenvalue weighted by Gasteiger charge is -2.24. The van der Waals surface area contributed by atoms with Gasteiger partial charge >= 0.3 is 0 Å². The molecule has 0 unspecified atom stereocenters. The van der Waals surface area contributed by atoms with E-state index in [2.05, 4.69) is 10.3 Å². The molecule has 0 bridgehead atoms. The minimum atomic E-state index is -0.0109. The number of hydrogen-bond donors (Lipinski definition) is 0. The third-order valence-corrected chi connectivity index (χ3v) is 3.55. The highest BCUT2D eigenvalue weighted by Gasteiger charge is 2.24. The van der Waals surface area contributed by atoms with Crippen LogP contribution >= 0.6 is 11.6 Å². The number of ether oxygens (including phenoxy) is 2. The zero-order valence-corrected chi connectivity index (χ0v) is 11.3. The van der Waals surface area contributed by atoms with Gasteiger partial charge in [-0.1, -0.05) is 17.3 Å². The maximum atomic E-state index is 5.86. The van der Waals surface area contributed by atoms with Crippen LogP contribution in [-0.2, 0) is 23.8 Å². The van der Waals surface area contributed by atoms with Gasteiger partial charge in [-0.15, -0.1) is 16.7 Å². The summed E-state index contributed by atoms with van der Waals surface area (Å²) in [5, 5.41) is 8.17. The predicted molar refractivity (Wildman–Crippen MR) is 70.1 cm³/mol. The summed E-state index contributed by atoms with van der Waals surface area (Å²) in [4.78, 5) is 0. The summed E-state index contributed by atoms with van der Waals surface area (Å²) in [6, 6.07) is 7.88. The number of benzene rings is 1. The monoisotopic (exact) mass is 279 g/mol. The van der Waals surface area contributed by atoms with E-state index in [0.29, 0.717) is 19.0 Å². The van der Waals surface area contributed by atoms with Crippen LogP contribution in [0, 0.1) is 0 Å². The highest BCUT2D eigenvalue weighted by Crippen LogP contribution is 2.28. The van der Waals surface area contributed by atoms with Crippen LogP contribution in [0.15, 0.2) is 24.3 Å². The standard InChI is InChI=1S/C13H14ClN3O2/c1-18-10-4-2-9(3-5-10)13-7-17-12(8-19-13)11(6-14)15-16-17/h2-5,13H,6-8H2,1H3/t13-/m0/s1. The molecule has 100 valence electrons. The Kier molecular flexibility index (Phi) is 3.40. The fraction of sp³-hybridized carbons (Fsp3) is 0.385. The van der Waals surface area contributed by atoms with Gasteiger partial charge in [0.05, 0.1) is 31.8 Å². The Bertz CT molecular complexity index is 568. The molecule has 0 aliphatic carbocycles. The molecule has 19 heavy (non-hydrogen) atoms. The number of rotatable bonds is 3. The second-order valence-electron chi connectivity index (χ2n) is 4.37. The third kappa shape index (κ3) is 2.31. The predicted octanol–water partition coefficient (Wildman–Crippen LogP) is 2.30. The van der Waals surface area contributed by atoms with Gasteiger partial charge in [-0.2, -0.15) is 0 Å².